The second kappa shape index (κ2) is 9.17. The lowest BCUT2D eigenvalue weighted by Crippen LogP contribution is -2.70. The number of amides is 2. The van der Waals surface area contributed by atoms with Gasteiger partial charge in [-0.3, -0.25) is 14.5 Å². The van der Waals surface area contributed by atoms with Gasteiger partial charge in [0.05, 0.1) is 12.3 Å². The van der Waals surface area contributed by atoms with Gasteiger partial charge in [0.2, 0.25) is 21.8 Å². The number of sulfonamides is 1. The van der Waals surface area contributed by atoms with Crippen LogP contribution in [-0.4, -0.2) is 48.9 Å². The maximum atomic E-state index is 13.4. The number of carbonyl (C=O) groups is 2. The van der Waals surface area contributed by atoms with E-state index < -0.39 is 33.2 Å². The minimum absolute atomic E-state index is 0.0941. The average Bonchev–Trinajstić information content (AvgIpc) is 2.74. The minimum Gasteiger partial charge on any atom is -0.350 e. The highest BCUT2D eigenvalue weighted by molar-refractivity contribution is 7.89. The van der Waals surface area contributed by atoms with Crippen molar-refractivity contribution in [3.05, 3.63) is 64.4 Å². The SMILES string of the molecule is CCS(=O)(=O)N1CC(=O)N(c2ccc(Cl)cc2C)C(C)(C(=O)NCc2ccc(F)cc2)C1. The zero-order valence-corrected chi connectivity index (χ0v) is 19.6. The lowest BCUT2D eigenvalue weighted by Gasteiger charge is -2.47. The molecule has 172 valence electrons. The Morgan fingerprint density at radius 2 is 1.88 bits per heavy atom. The zero-order valence-electron chi connectivity index (χ0n) is 18.1. The van der Waals surface area contributed by atoms with E-state index >= 15 is 0 Å². The number of halogens is 2. The van der Waals surface area contributed by atoms with Gasteiger partial charge in [0.25, 0.3) is 0 Å². The predicted molar refractivity (Wildman–Crippen MR) is 121 cm³/mol. The van der Waals surface area contributed by atoms with Crippen molar-refractivity contribution >= 4 is 39.1 Å². The molecule has 1 fully saturated rings. The van der Waals surface area contributed by atoms with E-state index in [9.17, 15) is 22.4 Å². The fourth-order valence-corrected chi connectivity index (χ4v) is 5.11. The maximum absolute atomic E-state index is 13.4. The monoisotopic (exact) mass is 481 g/mol. The predicted octanol–water partition coefficient (Wildman–Crippen LogP) is 2.86. The number of anilines is 1. The molecule has 2 amide bonds. The van der Waals surface area contributed by atoms with Crippen LogP contribution in [0.2, 0.25) is 5.02 Å². The van der Waals surface area contributed by atoms with Crippen LogP contribution in [0.1, 0.15) is 25.0 Å². The van der Waals surface area contributed by atoms with E-state index in [0.717, 1.165) is 4.31 Å². The number of aryl methyl sites for hydroxylation is 1. The molecule has 2 aromatic carbocycles. The second-order valence-corrected chi connectivity index (χ2v) is 10.6. The summed E-state index contributed by atoms with van der Waals surface area (Å²) >= 11 is 6.06. The van der Waals surface area contributed by atoms with E-state index in [1.165, 1.54) is 30.9 Å². The summed E-state index contributed by atoms with van der Waals surface area (Å²) in [6.45, 7) is 4.32. The van der Waals surface area contributed by atoms with Crippen LogP contribution in [0.5, 0.6) is 0 Å². The van der Waals surface area contributed by atoms with Gasteiger partial charge >= 0.3 is 0 Å². The number of hydrogen-bond acceptors (Lipinski definition) is 4. The van der Waals surface area contributed by atoms with Gasteiger partial charge in [-0.15, -0.1) is 0 Å². The summed E-state index contributed by atoms with van der Waals surface area (Å²) in [5, 5.41) is 3.25. The van der Waals surface area contributed by atoms with Gasteiger partial charge in [0.15, 0.2) is 0 Å². The fourth-order valence-electron chi connectivity index (χ4n) is 3.76. The van der Waals surface area contributed by atoms with Crippen LogP contribution >= 0.6 is 11.6 Å². The normalized spacial score (nSPS) is 19.8. The number of piperazine rings is 1. The number of rotatable bonds is 6. The van der Waals surface area contributed by atoms with Gasteiger partial charge in [-0.1, -0.05) is 23.7 Å². The Morgan fingerprint density at radius 1 is 1.22 bits per heavy atom. The molecule has 2 aromatic rings. The van der Waals surface area contributed by atoms with Crippen LogP contribution in [0.3, 0.4) is 0 Å². The first-order valence-corrected chi connectivity index (χ1v) is 12.1. The minimum atomic E-state index is -3.71. The molecule has 1 aliphatic rings. The molecule has 0 saturated carbocycles. The number of benzene rings is 2. The van der Waals surface area contributed by atoms with Crippen LogP contribution in [0.15, 0.2) is 42.5 Å². The summed E-state index contributed by atoms with van der Waals surface area (Å²) in [6.07, 6.45) is 0. The molecule has 1 atom stereocenters. The van der Waals surface area contributed by atoms with Crippen molar-refractivity contribution in [2.24, 2.45) is 0 Å². The number of hydrogen-bond donors (Lipinski definition) is 1. The Morgan fingerprint density at radius 3 is 2.47 bits per heavy atom. The Balaban J connectivity index is 1.99. The summed E-state index contributed by atoms with van der Waals surface area (Å²) in [5.74, 6) is -1.62. The van der Waals surface area contributed by atoms with Crippen molar-refractivity contribution in [1.82, 2.24) is 9.62 Å². The summed E-state index contributed by atoms with van der Waals surface area (Å²) in [7, 11) is -3.71. The molecule has 0 bridgehead atoms. The number of nitrogens with zero attached hydrogens (tertiary/aromatic N) is 2. The van der Waals surface area contributed by atoms with Crippen molar-refractivity contribution in [3.8, 4) is 0 Å². The molecular formula is C22H25ClFN3O4S. The Kier molecular flexibility index (Phi) is 6.92. The lowest BCUT2D eigenvalue weighted by atomic mass is 9.93. The highest BCUT2D eigenvalue weighted by Gasteiger charge is 2.50. The standard InChI is InChI=1S/C22H25ClFN3O4S/c1-4-32(30,31)26-13-20(28)27(19-10-7-17(23)11-15(19)2)22(3,14-26)21(29)25-12-16-5-8-18(24)9-6-16/h5-11H,4,12-14H2,1-3H3,(H,25,29). The van der Waals surface area contributed by atoms with Gasteiger partial charge in [-0.05, 0) is 62.2 Å². The first-order chi connectivity index (χ1) is 15.0. The molecule has 1 heterocycles. The van der Waals surface area contributed by atoms with Gasteiger partial charge in [-0.25, -0.2) is 12.8 Å². The summed E-state index contributed by atoms with van der Waals surface area (Å²) in [6, 6.07) is 10.6. The van der Waals surface area contributed by atoms with Crippen LogP contribution in [0.4, 0.5) is 10.1 Å². The second-order valence-electron chi connectivity index (χ2n) is 7.91. The van der Waals surface area contributed by atoms with Crippen LogP contribution in [0, 0.1) is 12.7 Å². The van der Waals surface area contributed by atoms with Crippen LogP contribution in [-0.2, 0) is 26.2 Å². The molecule has 0 spiro atoms. The highest BCUT2D eigenvalue weighted by Crippen LogP contribution is 2.34. The van der Waals surface area contributed by atoms with E-state index in [1.807, 2.05) is 0 Å². The zero-order chi connectivity index (χ0) is 23.7. The Labute approximate surface area is 192 Å². The highest BCUT2D eigenvalue weighted by atomic mass is 35.5. The van der Waals surface area contributed by atoms with Crippen molar-refractivity contribution in [3.63, 3.8) is 0 Å². The maximum Gasteiger partial charge on any atom is 0.247 e. The Bertz CT molecular complexity index is 1140. The molecule has 0 aliphatic carbocycles. The molecule has 1 N–H and O–H groups in total. The molecule has 1 unspecified atom stereocenters. The quantitative estimate of drug-likeness (QED) is 0.687. The number of carbonyl (C=O) groups excluding carboxylic acids is 2. The van der Waals surface area contributed by atoms with Gasteiger partial charge in [0, 0.05) is 23.8 Å². The third kappa shape index (κ3) is 4.79. The van der Waals surface area contributed by atoms with E-state index in [0.29, 0.717) is 21.8 Å². The average molecular weight is 482 g/mol. The van der Waals surface area contributed by atoms with E-state index in [4.69, 9.17) is 11.6 Å². The van der Waals surface area contributed by atoms with Crippen molar-refractivity contribution < 1.29 is 22.4 Å². The molecule has 0 aromatic heterocycles. The first-order valence-electron chi connectivity index (χ1n) is 10.1. The van der Waals surface area contributed by atoms with Crippen molar-refractivity contribution in [2.75, 3.05) is 23.7 Å². The van der Waals surface area contributed by atoms with Crippen molar-refractivity contribution in [2.45, 2.75) is 32.9 Å². The smallest absolute Gasteiger partial charge is 0.247 e. The van der Waals surface area contributed by atoms with Crippen LogP contribution < -0.4 is 10.2 Å². The Hall–Kier alpha value is -2.49. The first kappa shape index (κ1) is 24.2. The van der Waals surface area contributed by atoms with Gasteiger partial charge in [0.1, 0.15) is 11.4 Å². The topological polar surface area (TPSA) is 86.8 Å². The fraction of sp³-hybridized carbons (Fsp3) is 0.364. The summed E-state index contributed by atoms with van der Waals surface area (Å²) < 4.78 is 39.3. The number of nitrogens with one attached hydrogen (secondary N) is 1. The largest absolute Gasteiger partial charge is 0.350 e. The third-order valence-electron chi connectivity index (χ3n) is 5.55. The van der Waals surface area contributed by atoms with Crippen molar-refractivity contribution in [1.29, 1.82) is 0 Å². The molecule has 1 aliphatic heterocycles. The molecule has 10 heteroatoms. The third-order valence-corrected chi connectivity index (χ3v) is 7.56. The molecule has 32 heavy (non-hydrogen) atoms. The van der Waals surface area contributed by atoms with E-state index in [-0.39, 0.29) is 25.4 Å². The van der Waals surface area contributed by atoms with Gasteiger partial charge < -0.3 is 5.32 Å². The summed E-state index contributed by atoms with van der Waals surface area (Å²) in [4.78, 5) is 28.0. The van der Waals surface area contributed by atoms with Crippen LogP contribution in [0.25, 0.3) is 0 Å². The van der Waals surface area contributed by atoms with E-state index in [1.54, 1.807) is 37.3 Å². The molecule has 0 radical (unpaired) electrons. The lowest BCUT2D eigenvalue weighted by molar-refractivity contribution is -0.133. The van der Waals surface area contributed by atoms with Gasteiger partial charge in [-0.2, -0.15) is 4.31 Å². The molecule has 1 saturated heterocycles. The van der Waals surface area contributed by atoms with E-state index in [2.05, 4.69) is 5.32 Å². The molecule has 7 nitrogen and oxygen atoms in total. The molecular weight excluding hydrogens is 457 g/mol. The summed E-state index contributed by atoms with van der Waals surface area (Å²) in [5.41, 5.74) is 0.302. The molecule has 3 rings (SSSR count).